The molecule has 1 aliphatic rings. The minimum atomic E-state index is -3.68. The summed E-state index contributed by atoms with van der Waals surface area (Å²) in [5, 5.41) is 14.1. The summed E-state index contributed by atoms with van der Waals surface area (Å²) >= 11 is 0. The number of sulfonamides is 1. The van der Waals surface area contributed by atoms with Gasteiger partial charge in [-0.05, 0) is 38.8 Å². The molecule has 1 aromatic rings. The Balaban J connectivity index is 2.52. The van der Waals surface area contributed by atoms with Crippen LogP contribution in [0.1, 0.15) is 25.0 Å². The highest BCUT2D eigenvalue weighted by Gasteiger charge is 2.36. The van der Waals surface area contributed by atoms with Gasteiger partial charge in [0, 0.05) is 37.3 Å². The fraction of sp³-hybridized carbons (Fsp3) is 0.571. The molecule has 0 spiro atoms. The van der Waals surface area contributed by atoms with Crippen molar-refractivity contribution >= 4 is 15.7 Å². The number of hydrogen-bond acceptors (Lipinski definition) is 5. The number of nitro benzene ring substituents is 1. The van der Waals surface area contributed by atoms with Gasteiger partial charge in [-0.3, -0.25) is 10.1 Å². The Bertz CT molecular complexity index is 679. The molecular weight excluding hydrogens is 306 g/mol. The topological polar surface area (TPSA) is 92.5 Å². The van der Waals surface area contributed by atoms with Crippen LogP contribution in [0.2, 0.25) is 0 Å². The van der Waals surface area contributed by atoms with E-state index in [9.17, 15) is 18.5 Å². The van der Waals surface area contributed by atoms with Gasteiger partial charge in [-0.15, -0.1) is 0 Å². The van der Waals surface area contributed by atoms with Crippen LogP contribution in [0.25, 0.3) is 0 Å². The molecule has 2 rings (SSSR count). The fourth-order valence-electron chi connectivity index (χ4n) is 2.92. The van der Waals surface area contributed by atoms with E-state index in [1.165, 1.54) is 16.4 Å². The SMILES string of the molecule is Cc1cc([N+](=O)[O-])cc(C)c1S(=O)(=O)N1CCNC(C)C1C. The number of nitrogens with one attached hydrogen (secondary N) is 1. The van der Waals surface area contributed by atoms with Gasteiger partial charge in [0.05, 0.1) is 9.82 Å². The van der Waals surface area contributed by atoms with Gasteiger partial charge in [-0.1, -0.05) is 0 Å². The lowest BCUT2D eigenvalue weighted by atomic mass is 10.1. The van der Waals surface area contributed by atoms with Crippen molar-refractivity contribution in [3.63, 3.8) is 0 Å². The molecule has 1 saturated heterocycles. The van der Waals surface area contributed by atoms with Crippen LogP contribution in [0.4, 0.5) is 5.69 Å². The van der Waals surface area contributed by atoms with E-state index in [-0.39, 0.29) is 22.7 Å². The smallest absolute Gasteiger partial charge is 0.270 e. The van der Waals surface area contributed by atoms with Crippen LogP contribution < -0.4 is 5.32 Å². The average molecular weight is 327 g/mol. The highest BCUT2D eigenvalue weighted by atomic mass is 32.2. The lowest BCUT2D eigenvalue weighted by Crippen LogP contribution is -2.57. The number of hydrogen-bond donors (Lipinski definition) is 1. The maximum absolute atomic E-state index is 13.0. The van der Waals surface area contributed by atoms with Crippen LogP contribution in [0.15, 0.2) is 17.0 Å². The van der Waals surface area contributed by atoms with E-state index in [0.29, 0.717) is 24.2 Å². The number of rotatable bonds is 3. The van der Waals surface area contributed by atoms with Crippen LogP contribution in [-0.2, 0) is 10.0 Å². The standard InChI is InChI=1S/C14H21N3O4S/c1-9-7-13(17(18)19)8-10(2)14(9)22(20,21)16-6-5-15-11(3)12(16)4/h7-8,11-12,15H,5-6H2,1-4H3. The molecule has 0 radical (unpaired) electrons. The Kier molecular flexibility index (Phi) is 4.55. The number of benzene rings is 1. The van der Waals surface area contributed by atoms with E-state index in [0.717, 1.165) is 0 Å². The van der Waals surface area contributed by atoms with Crippen LogP contribution in [0.5, 0.6) is 0 Å². The maximum Gasteiger partial charge on any atom is 0.270 e. The predicted molar refractivity (Wildman–Crippen MR) is 83.4 cm³/mol. The fourth-order valence-corrected chi connectivity index (χ4v) is 5.04. The molecule has 1 N–H and O–H groups in total. The van der Waals surface area contributed by atoms with Crippen molar-refractivity contribution in [2.75, 3.05) is 13.1 Å². The van der Waals surface area contributed by atoms with Crippen molar-refractivity contribution in [1.29, 1.82) is 0 Å². The molecule has 1 heterocycles. The molecule has 2 unspecified atom stereocenters. The number of piperazine rings is 1. The van der Waals surface area contributed by atoms with E-state index in [1.807, 2.05) is 13.8 Å². The lowest BCUT2D eigenvalue weighted by Gasteiger charge is -2.38. The van der Waals surface area contributed by atoms with Gasteiger partial charge < -0.3 is 5.32 Å². The third kappa shape index (κ3) is 2.86. The monoisotopic (exact) mass is 327 g/mol. The Morgan fingerprint density at radius 2 is 1.82 bits per heavy atom. The summed E-state index contributed by atoms with van der Waals surface area (Å²) in [4.78, 5) is 10.6. The van der Waals surface area contributed by atoms with E-state index in [1.54, 1.807) is 13.8 Å². The van der Waals surface area contributed by atoms with Crippen molar-refractivity contribution in [2.24, 2.45) is 0 Å². The zero-order valence-corrected chi connectivity index (χ0v) is 14.0. The molecule has 0 amide bonds. The molecule has 8 heteroatoms. The van der Waals surface area contributed by atoms with Crippen LogP contribution in [0.3, 0.4) is 0 Å². The first-order valence-electron chi connectivity index (χ1n) is 7.17. The molecular formula is C14H21N3O4S. The Hall–Kier alpha value is -1.51. The maximum atomic E-state index is 13.0. The summed E-state index contributed by atoms with van der Waals surface area (Å²) in [6, 6.07) is 2.52. The third-order valence-electron chi connectivity index (χ3n) is 4.20. The van der Waals surface area contributed by atoms with Crippen LogP contribution in [0, 0.1) is 24.0 Å². The van der Waals surface area contributed by atoms with Crippen molar-refractivity contribution in [3.05, 3.63) is 33.4 Å². The van der Waals surface area contributed by atoms with Gasteiger partial charge >= 0.3 is 0 Å². The van der Waals surface area contributed by atoms with Crippen molar-refractivity contribution in [1.82, 2.24) is 9.62 Å². The second kappa shape index (κ2) is 5.94. The average Bonchev–Trinajstić information content (AvgIpc) is 2.40. The van der Waals surface area contributed by atoms with Gasteiger partial charge in [0.1, 0.15) is 0 Å². The van der Waals surface area contributed by atoms with E-state index in [4.69, 9.17) is 0 Å². The minimum Gasteiger partial charge on any atom is -0.311 e. The molecule has 1 aromatic carbocycles. The normalized spacial score (nSPS) is 23.5. The van der Waals surface area contributed by atoms with E-state index < -0.39 is 14.9 Å². The van der Waals surface area contributed by atoms with Crippen LogP contribution in [-0.4, -0.2) is 42.8 Å². The molecule has 1 aliphatic heterocycles. The molecule has 22 heavy (non-hydrogen) atoms. The Labute approximate surface area is 130 Å². The largest absolute Gasteiger partial charge is 0.311 e. The van der Waals surface area contributed by atoms with Gasteiger partial charge in [0.25, 0.3) is 5.69 Å². The quantitative estimate of drug-likeness (QED) is 0.672. The third-order valence-corrected chi connectivity index (χ3v) is 6.49. The van der Waals surface area contributed by atoms with Crippen molar-refractivity contribution < 1.29 is 13.3 Å². The second-order valence-electron chi connectivity index (χ2n) is 5.76. The summed E-state index contributed by atoms with van der Waals surface area (Å²) in [5.41, 5.74) is 0.728. The summed E-state index contributed by atoms with van der Waals surface area (Å²) in [7, 11) is -3.68. The molecule has 122 valence electrons. The molecule has 0 aliphatic carbocycles. The number of non-ortho nitro benzene ring substituents is 1. The predicted octanol–water partition coefficient (Wildman–Crippen LogP) is 1.58. The molecule has 7 nitrogen and oxygen atoms in total. The van der Waals surface area contributed by atoms with Crippen LogP contribution >= 0.6 is 0 Å². The first kappa shape index (κ1) is 16.9. The first-order chi connectivity index (χ1) is 10.2. The van der Waals surface area contributed by atoms with Gasteiger partial charge in [0.15, 0.2) is 0 Å². The van der Waals surface area contributed by atoms with E-state index >= 15 is 0 Å². The highest BCUT2D eigenvalue weighted by molar-refractivity contribution is 7.89. The van der Waals surface area contributed by atoms with Crippen molar-refractivity contribution in [3.8, 4) is 0 Å². The van der Waals surface area contributed by atoms with Crippen molar-refractivity contribution in [2.45, 2.75) is 44.7 Å². The molecule has 2 atom stereocenters. The second-order valence-corrected chi connectivity index (χ2v) is 7.59. The summed E-state index contributed by atoms with van der Waals surface area (Å²) < 4.78 is 27.5. The first-order valence-corrected chi connectivity index (χ1v) is 8.61. The number of aryl methyl sites for hydroxylation is 2. The van der Waals surface area contributed by atoms with E-state index in [2.05, 4.69) is 5.32 Å². The molecule has 0 bridgehead atoms. The molecule has 1 fully saturated rings. The highest BCUT2D eigenvalue weighted by Crippen LogP contribution is 2.30. The number of nitrogens with zero attached hydrogens (tertiary/aromatic N) is 2. The zero-order valence-electron chi connectivity index (χ0n) is 13.2. The zero-order chi connectivity index (χ0) is 16.7. The summed E-state index contributed by atoms with van der Waals surface area (Å²) in [6.07, 6.45) is 0. The van der Waals surface area contributed by atoms with Gasteiger partial charge in [-0.2, -0.15) is 4.31 Å². The molecule has 0 saturated carbocycles. The summed E-state index contributed by atoms with van der Waals surface area (Å²) in [6.45, 7) is 8.00. The number of nitro groups is 1. The lowest BCUT2D eigenvalue weighted by molar-refractivity contribution is -0.385. The Morgan fingerprint density at radius 1 is 1.27 bits per heavy atom. The minimum absolute atomic E-state index is 0.0576. The summed E-state index contributed by atoms with van der Waals surface area (Å²) in [5.74, 6) is 0. The Morgan fingerprint density at radius 3 is 2.32 bits per heavy atom. The van der Waals surface area contributed by atoms with Gasteiger partial charge in [-0.25, -0.2) is 8.42 Å². The van der Waals surface area contributed by atoms with Gasteiger partial charge in [0.2, 0.25) is 10.0 Å². The molecule has 0 aromatic heterocycles.